The number of aromatic nitrogens is 2. The van der Waals surface area contributed by atoms with Gasteiger partial charge < -0.3 is 5.32 Å². The van der Waals surface area contributed by atoms with Crippen molar-refractivity contribution in [3.8, 4) is 0 Å². The fraction of sp³-hybridized carbons (Fsp3) is 0.636. The number of hydrazine groups is 1. The van der Waals surface area contributed by atoms with E-state index in [9.17, 15) is 0 Å². The zero-order valence-electron chi connectivity index (χ0n) is 10.3. The maximum atomic E-state index is 6.08. The third-order valence-corrected chi connectivity index (χ3v) is 4.54. The zero-order chi connectivity index (χ0) is 13.0. The number of halogens is 1. The van der Waals surface area contributed by atoms with Gasteiger partial charge in [-0.05, 0) is 25.5 Å². The first-order chi connectivity index (χ1) is 8.72. The molecule has 5 nitrogen and oxygen atoms in total. The molecule has 0 bridgehead atoms. The van der Waals surface area contributed by atoms with Gasteiger partial charge in [-0.15, -0.1) is 0 Å². The van der Waals surface area contributed by atoms with E-state index in [1.165, 1.54) is 12.8 Å². The summed E-state index contributed by atoms with van der Waals surface area (Å²) in [5, 5.41) is 4.65. The molecule has 0 radical (unpaired) electrons. The second kappa shape index (κ2) is 6.45. The minimum atomic E-state index is 0.374. The highest BCUT2D eigenvalue weighted by atomic mass is 35.5. The summed E-state index contributed by atoms with van der Waals surface area (Å²) in [7, 11) is 0. The number of nitrogen functional groups attached to an aromatic ring is 1. The molecule has 0 aromatic carbocycles. The molecule has 1 saturated carbocycles. The average molecular weight is 288 g/mol. The molecule has 2 rings (SSSR count). The molecule has 0 aliphatic heterocycles. The minimum Gasteiger partial charge on any atom is -0.366 e. The van der Waals surface area contributed by atoms with E-state index in [2.05, 4.69) is 27.0 Å². The van der Waals surface area contributed by atoms with Crippen molar-refractivity contribution >= 4 is 35.1 Å². The van der Waals surface area contributed by atoms with E-state index in [4.69, 9.17) is 17.4 Å². The molecule has 18 heavy (non-hydrogen) atoms. The van der Waals surface area contributed by atoms with E-state index in [1.807, 2.05) is 11.8 Å². The van der Waals surface area contributed by atoms with Crippen LogP contribution in [0, 0.1) is 0 Å². The highest BCUT2D eigenvalue weighted by Crippen LogP contribution is 2.30. The van der Waals surface area contributed by atoms with Crippen molar-refractivity contribution < 1.29 is 0 Å². The summed E-state index contributed by atoms with van der Waals surface area (Å²) in [5.74, 6) is 6.33. The number of rotatable bonds is 4. The van der Waals surface area contributed by atoms with Gasteiger partial charge in [0, 0.05) is 11.3 Å². The first-order valence-electron chi connectivity index (χ1n) is 6.01. The molecule has 0 spiro atoms. The standard InChI is InChI=1S/C11H18ClN5S/c1-18-8-4-2-3-7(5-8)15-10-9(12)6-14-11(16-10)17-13/h6-8H,2-5,13H2,1H3,(H2,14,15,16,17). The quantitative estimate of drug-likeness (QED) is 0.583. The van der Waals surface area contributed by atoms with Gasteiger partial charge in [-0.3, -0.25) is 5.43 Å². The SMILES string of the molecule is CSC1CCCC(Nc2nc(NN)ncc2Cl)C1. The van der Waals surface area contributed by atoms with Gasteiger partial charge in [0.25, 0.3) is 0 Å². The Bertz CT molecular complexity index is 403. The number of hydrogen-bond donors (Lipinski definition) is 3. The number of hydrogen-bond acceptors (Lipinski definition) is 6. The predicted octanol–water partition coefficient (Wildman–Crippen LogP) is 2.50. The fourth-order valence-electron chi connectivity index (χ4n) is 2.22. The third-order valence-electron chi connectivity index (χ3n) is 3.17. The van der Waals surface area contributed by atoms with Crippen molar-refractivity contribution in [2.45, 2.75) is 37.0 Å². The van der Waals surface area contributed by atoms with Crippen molar-refractivity contribution in [2.24, 2.45) is 5.84 Å². The number of thioether (sulfide) groups is 1. The minimum absolute atomic E-state index is 0.374. The monoisotopic (exact) mass is 287 g/mol. The summed E-state index contributed by atoms with van der Waals surface area (Å²) in [6, 6.07) is 0.425. The Hall–Kier alpha value is -0.720. The Morgan fingerprint density at radius 1 is 1.50 bits per heavy atom. The van der Waals surface area contributed by atoms with Crippen LogP contribution in [0.1, 0.15) is 25.7 Å². The van der Waals surface area contributed by atoms with Crippen molar-refractivity contribution in [1.29, 1.82) is 0 Å². The summed E-state index contributed by atoms with van der Waals surface area (Å²) >= 11 is 8.02. The van der Waals surface area contributed by atoms with E-state index < -0.39 is 0 Å². The molecule has 7 heteroatoms. The van der Waals surface area contributed by atoms with Crippen LogP contribution in [-0.2, 0) is 0 Å². The summed E-state index contributed by atoms with van der Waals surface area (Å²) < 4.78 is 0. The van der Waals surface area contributed by atoms with Gasteiger partial charge in [0.05, 0.1) is 6.20 Å². The zero-order valence-corrected chi connectivity index (χ0v) is 11.9. The van der Waals surface area contributed by atoms with Crippen LogP contribution in [0.15, 0.2) is 6.20 Å². The first kappa shape index (κ1) is 13.7. The lowest BCUT2D eigenvalue weighted by atomic mass is 9.95. The highest BCUT2D eigenvalue weighted by Gasteiger charge is 2.22. The highest BCUT2D eigenvalue weighted by molar-refractivity contribution is 7.99. The molecular formula is C11H18ClN5S. The average Bonchev–Trinajstić information content (AvgIpc) is 2.41. The number of anilines is 2. The van der Waals surface area contributed by atoms with Crippen LogP contribution in [0.2, 0.25) is 5.02 Å². The first-order valence-corrected chi connectivity index (χ1v) is 7.68. The molecule has 1 fully saturated rings. The molecule has 1 aliphatic rings. The van der Waals surface area contributed by atoms with Gasteiger partial charge in [0.2, 0.25) is 5.95 Å². The Kier molecular flexibility index (Phi) is 4.91. The van der Waals surface area contributed by atoms with E-state index in [1.54, 1.807) is 6.20 Å². The smallest absolute Gasteiger partial charge is 0.239 e. The van der Waals surface area contributed by atoms with E-state index in [-0.39, 0.29) is 0 Å². The van der Waals surface area contributed by atoms with Gasteiger partial charge in [-0.25, -0.2) is 10.8 Å². The Morgan fingerprint density at radius 2 is 2.33 bits per heavy atom. The van der Waals surface area contributed by atoms with Crippen LogP contribution in [0.4, 0.5) is 11.8 Å². The summed E-state index contributed by atoms with van der Waals surface area (Å²) in [4.78, 5) is 8.20. The molecule has 1 aromatic rings. The third kappa shape index (κ3) is 3.40. The number of nitrogens with zero attached hydrogens (tertiary/aromatic N) is 2. The lowest BCUT2D eigenvalue weighted by Crippen LogP contribution is -2.29. The lowest BCUT2D eigenvalue weighted by molar-refractivity contribution is 0.473. The molecule has 2 atom stereocenters. The topological polar surface area (TPSA) is 75.9 Å². The number of nitrogens with one attached hydrogen (secondary N) is 2. The molecule has 0 saturated heterocycles. The van der Waals surface area contributed by atoms with Crippen molar-refractivity contribution in [1.82, 2.24) is 9.97 Å². The molecule has 0 amide bonds. The molecule has 100 valence electrons. The Labute approximate surface area is 116 Å². The van der Waals surface area contributed by atoms with Crippen LogP contribution in [-0.4, -0.2) is 27.5 Å². The molecule has 2 unspecified atom stereocenters. The maximum Gasteiger partial charge on any atom is 0.239 e. The molecule has 4 N–H and O–H groups in total. The van der Waals surface area contributed by atoms with Crippen molar-refractivity contribution in [2.75, 3.05) is 17.0 Å². The van der Waals surface area contributed by atoms with Gasteiger partial charge >= 0.3 is 0 Å². The van der Waals surface area contributed by atoms with Crippen LogP contribution in [0.3, 0.4) is 0 Å². The van der Waals surface area contributed by atoms with Gasteiger partial charge in [0.15, 0.2) is 5.82 Å². The summed E-state index contributed by atoms with van der Waals surface area (Å²) in [6.07, 6.45) is 8.57. The predicted molar refractivity (Wildman–Crippen MR) is 78.0 cm³/mol. The molecule has 1 aliphatic carbocycles. The summed E-state index contributed by atoms with van der Waals surface area (Å²) in [6.45, 7) is 0. The lowest BCUT2D eigenvalue weighted by Gasteiger charge is -2.29. The maximum absolute atomic E-state index is 6.08. The Balaban J connectivity index is 2.04. The molecular weight excluding hydrogens is 270 g/mol. The number of nitrogens with two attached hydrogens (primary N) is 1. The second-order valence-corrected chi connectivity index (χ2v) is 5.95. The van der Waals surface area contributed by atoms with Crippen LogP contribution in [0.25, 0.3) is 0 Å². The van der Waals surface area contributed by atoms with Crippen LogP contribution >= 0.6 is 23.4 Å². The van der Waals surface area contributed by atoms with E-state index in [0.29, 0.717) is 22.8 Å². The van der Waals surface area contributed by atoms with E-state index in [0.717, 1.165) is 18.1 Å². The van der Waals surface area contributed by atoms with Gasteiger partial charge in [-0.2, -0.15) is 16.7 Å². The van der Waals surface area contributed by atoms with E-state index >= 15 is 0 Å². The second-order valence-electron chi connectivity index (χ2n) is 4.40. The fourth-order valence-corrected chi connectivity index (χ4v) is 3.19. The van der Waals surface area contributed by atoms with Gasteiger partial charge in [0.1, 0.15) is 5.02 Å². The van der Waals surface area contributed by atoms with Crippen molar-refractivity contribution in [3.63, 3.8) is 0 Å². The normalized spacial score (nSPS) is 23.7. The Morgan fingerprint density at radius 3 is 3.06 bits per heavy atom. The van der Waals surface area contributed by atoms with Crippen LogP contribution in [0.5, 0.6) is 0 Å². The summed E-state index contributed by atoms with van der Waals surface area (Å²) in [5.41, 5.74) is 2.43. The molecule has 1 aromatic heterocycles. The van der Waals surface area contributed by atoms with Crippen molar-refractivity contribution in [3.05, 3.63) is 11.2 Å². The van der Waals surface area contributed by atoms with Crippen LogP contribution < -0.4 is 16.6 Å². The van der Waals surface area contributed by atoms with Gasteiger partial charge in [-0.1, -0.05) is 18.0 Å². The largest absolute Gasteiger partial charge is 0.366 e. The molecule has 1 heterocycles.